The minimum Gasteiger partial charge on any atom is -0.478 e. The number of carbonyl (C=O) groups is 2. The molecule has 1 aliphatic heterocycles. The molecule has 1 fully saturated rings. The van der Waals surface area contributed by atoms with E-state index >= 15 is 0 Å². The third-order valence-corrected chi connectivity index (χ3v) is 5.25. The van der Waals surface area contributed by atoms with Gasteiger partial charge < -0.3 is 10.0 Å². The molecule has 0 atom stereocenters. The number of carbonyl (C=O) groups excluding carboxylic acids is 1. The van der Waals surface area contributed by atoms with Gasteiger partial charge >= 0.3 is 5.97 Å². The number of piperidine rings is 1. The molecule has 5 heteroatoms. The fourth-order valence-electron chi connectivity index (χ4n) is 3.68. The van der Waals surface area contributed by atoms with Crippen LogP contribution in [0.4, 0.5) is 0 Å². The predicted molar refractivity (Wildman–Crippen MR) is 109 cm³/mol. The summed E-state index contributed by atoms with van der Waals surface area (Å²) in [4.78, 5) is 30.4. The van der Waals surface area contributed by atoms with Crippen LogP contribution in [0.5, 0.6) is 0 Å². The quantitative estimate of drug-likeness (QED) is 0.860. The van der Waals surface area contributed by atoms with Crippen LogP contribution in [-0.4, -0.2) is 40.0 Å². The Morgan fingerprint density at radius 2 is 1.79 bits per heavy atom. The van der Waals surface area contributed by atoms with Crippen LogP contribution in [-0.2, 0) is 11.2 Å². The molecule has 1 aromatic carbocycles. The summed E-state index contributed by atoms with van der Waals surface area (Å²) in [7, 11) is 0. The van der Waals surface area contributed by atoms with E-state index in [9.17, 15) is 14.7 Å². The van der Waals surface area contributed by atoms with Gasteiger partial charge in [-0.3, -0.25) is 9.78 Å². The molecule has 148 valence electrons. The lowest BCUT2D eigenvalue weighted by atomic mass is 9.89. The average molecular weight is 380 g/mol. The molecule has 1 amide bonds. The third kappa shape index (κ3) is 4.77. The molecule has 0 spiro atoms. The number of carboxylic acids is 1. The summed E-state index contributed by atoms with van der Waals surface area (Å²) in [6.07, 6.45) is 2.86. The molecule has 1 N–H and O–H groups in total. The second-order valence-electron chi connectivity index (χ2n) is 8.59. The fourth-order valence-corrected chi connectivity index (χ4v) is 3.68. The molecule has 0 bridgehead atoms. The van der Waals surface area contributed by atoms with Crippen molar-refractivity contribution in [3.05, 3.63) is 53.7 Å². The number of rotatable bonds is 4. The van der Waals surface area contributed by atoms with Crippen LogP contribution in [0.1, 0.15) is 49.7 Å². The number of amides is 1. The third-order valence-electron chi connectivity index (χ3n) is 5.25. The monoisotopic (exact) mass is 380 g/mol. The number of aromatic carboxylic acids is 1. The summed E-state index contributed by atoms with van der Waals surface area (Å²) in [5.41, 5.74) is 2.56. The first-order valence-corrected chi connectivity index (χ1v) is 9.83. The van der Waals surface area contributed by atoms with Crippen molar-refractivity contribution in [1.29, 1.82) is 0 Å². The average Bonchev–Trinajstić information content (AvgIpc) is 2.67. The van der Waals surface area contributed by atoms with Crippen molar-refractivity contribution in [2.75, 3.05) is 13.1 Å². The smallest absolute Gasteiger partial charge is 0.335 e. The fraction of sp³-hybridized carbons (Fsp3) is 0.435. The highest BCUT2D eigenvalue weighted by atomic mass is 16.4. The maximum Gasteiger partial charge on any atom is 0.335 e. The predicted octanol–water partition coefficient (Wildman–Crippen LogP) is 4.27. The van der Waals surface area contributed by atoms with Crippen LogP contribution in [0.3, 0.4) is 0 Å². The van der Waals surface area contributed by atoms with E-state index in [-0.39, 0.29) is 16.9 Å². The van der Waals surface area contributed by atoms with Crippen molar-refractivity contribution in [3.8, 4) is 11.3 Å². The van der Waals surface area contributed by atoms with Gasteiger partial charge in [0, 0.05) is 29.8 Å². The van der Waals surface area contributed by atoms with Crippen LogP contribution in [0, 0.1) is 11.3 Å². The van der Waals surface area contributed by atoms with Crippen molar-refractivity contribution < 1.29 is 14.7 Å². The first-order valence-electron chi connectivity index (χ1n) is 9.83. The van der Waals surface area contributed by atoms with Crippen molar-refractivity contribution in [3.63, 3.8) is 0 Å². The molecule has 28 heavy (non-hydrogen) atoms. The Balaban J connectivity index is 1.65. The standard InChI is InChI=1S/C23H28N2O3/c1-23(2,3)22(28)25-12-10-16(11-13-25)14-19-8-5-9-20(24-19)17-6-4-7-18(15-17)21(26)27/h4-9,15-16H,10-14H2,1-3H3,(H,26,27). The summed E-state index contributed by atoms with van der Waals surface area (Å²) in [5.74, 6) is -0.198. The van der Waals surface area contributed by atoms with E-state index in [0.717, 1.165) is 49.3 Å². The molecule has 1 aliphatic rings. The molecule has 0 saturated carbocycles. The van der Waals surface area contributed by atoms with Gasteiger partial charge in [-0.05, 0) is 49.4 Å². The molecular formula is C23H28N2O3. The summed E-state index contributed by atoms with van der Waals surface area (Å²) in [6, 6.07) is 12.8. The molecule has 0 radical (unpaired) electrons. The van der Waals surface area contributed by atoms with Crippen molar-refractivity contribution in [1.82, 2.24) is 9.88 Å². The maximum atomic E-state index is 12.4. The highest BCUT2D eigenvalue weighted by Gasteiger charge is 2.30. The zero-order valence-corrected chi connectivity index (χ0v) is 16.8. The number of aromatic nitrogens is 1. The lowest BCUT2D eigenvalue weighted by Crippen LogP contribution is -2.44. The van der Waals surface area contributed by atoms with Gasteiger partial charge in [0.15, 0.2) is 0 Å². The molecule has 0 aliphatic carbocycles. The largest absolute Gasteiger partial charge is 0.478 e. The molecule has 3 rings (SSSR count). The molecule has 1 saturated heterocycles. The van der Waals surface area contributed by atoms with E-state index in [1.807, 2.05) is 49.9 Å². The SMILES string of the molecule is CC(C)(C)C(=O)N1CCC(Cc2cccc(-c3cccc(C(=O)O)c3)n2)CC1. The molecule has 2 heterocycles. The molecule has 1 aromatic heterocycles. The lowest BCUT2D eigenvalue weighted by molar-refractivity contribution is -0.140. The molecule has 5 nitrogen and oxygen atoms in total. The summed E-state index contributed by atoms with van der Waals surface area (Å²) in [6.45, 7) is 7.52. The topological polar surface area (TPSA) is 70.5 Å². The number of pyridine rings is 1. The van der Waals surface area contributed by atoms with E-state index in [1.54, 1.807) is 18.2 Å². The zero-order valence-electron chi connectivity index (χ0n) is 16.8. The number of likely N-dealkylation sites (tertiary alicyclic amines) is 1. The lowest BCUT2D eigenvalue weighted by Gasteiger charge is -2.35. The Bertz CT molecular complexity index is 862. The highest BCUT2D eigenvalue weighted by Crippen LogP contribution is 2.26. The van der Waals surface area contributed by atoms with Gasteiger partial charge in [-0.15, -0.1) is 0 Å². The summed E-state index contributed by atoms with van der Waals surface area (Å²) in [5, 5.41) is 9.19. The second kappa shape index (κ2) is 8.13. The van der Waals surface area contributed by atoms with E-state index in [1.165, 1.54) is 0 Å². The van der Waals surface area contributed by atoms with E-state index in [0.29, 0.717) is 5.92 Å². The Morgan fingerprint density at radius 1 is 1.11 bits per heavy atom. The normalized spacial score (nSPS) is 15.5. The van der Waals surface area contributed by atoms with Gasteiger partial charge in [0.25, 0.3) is 0 Å². The van der Waals surface area contributed by atoms with E-state index < -0.39 is 5.97 Å². The van der Waals surface area contributed by atoms with Crippen LogP contribution in [0.25, 0.3) is 11.3 Å². The Morgan fingerprint density at radius 3 is 2.43 bits per heavy atom. The number of benzene rings is 1. The van der Waals surface area contributed by atoms with Gasteiger partial charge in [0.1, 0.15) is 0 Å². The van der Waals surface area contributed by atoms with Crippen molar-refractivity contribution in [2.24, 2.45) is 11.3 Å². The van der Waals surface area contributed by atoms with Gasteiger partial charge in [-0.1, -0.05) is 39.0 Å². The first kappa shape index (κ1) is 20.1. The van der Waals surface area contributed by atoms with Gasteiger partial charge in [-0.2, -0.15) is 0 Å². The number of hydrogen-bond donors (Lipinski definition) is 1. The number of nitrogens with zero attached hydrogens (tertiary/aromatic N) is 2. The van der Waals surface area contributed by atoms with E-state index in [2.05, 4.69) is 0 Å². The Hall–Kier alpha value is -2.69. The van der Waals surface area contributed by atoms with Gasteiger partial charge in [-0.25, -0.2) is 4.79 Å². The van der Waals surface area contributed by atoms with Gasteiger partial charge in [0.2, 0.25) is 5.91 Å². The van der Waals surface area contributed by atoms with Crippen LogP contribution in [0.15, 0.2) is 42.5 Å². The number of hydrogen-bond acceptors (Lipinski definition) is 3. The summed E-state index contributed by atoms with van der Waals surface area (Å²) >= 11 is 0. The first-order chi connectivity index (χ1) is 13.2. The van der Waals surface area contributed by atoms with Crippen molar-refractivity contribution in [2.45, 2.75) is 40.0 Å². The van der Waals surface area contributed by atoms with Gasteiger partial charge in [0.05, 0.1) is 11.3 Å². The minimum atomic E-state index is -0.936. The zero-order chi connectivity index (χ0) is 20.3. The second-order valence-corrected chi connectivity index (χ2v) is 8.59. The number of carboxylic acid groups (broad SMARTS) is 1. The summed E-state index contributed by atoms with van der Waals surface area (Å²) < 4.78 is 0. The Labute approximate surface area is 166 Å². The van der Waals surface area contributed by atoms with E-state index in [4.69, 9.17) is 4.98 Å². The molecule has 0 unspecified atom stereocenters. The molecule has 2 aromatic rings. The van der Waals surface area contributed by atoms with Crippen molar-refractivity contribution >= 4 is 11.9 Å². The molecular weight excluding hydrogens is 352 g/mol. The van der Waals surface area contributed by atoms with Crippen LogP contribution < -0.4 is 0 Å². The Kier molecular flexibility index (Phi) is 5.82. The van der Waals surface area contributed by atoms with Crippen LogP contribution >= 0.6 is 0 Å². The highest BCUT2D eigenvalue weighted by molar-refractivity contribution is 5.89. The maximum absolute atomic E-state index is 12.4. The van der Waals surface area contributed by atoms with Crippen LogP contribution in [0.2, 0.25) is 0 Å². The minimum absolute atomic E-state index is 0.226.